The van der Waals surface area contributed by atoms with Crippen molar-refractivity contribution in [1.82, 2.24) is 4.90 Å². The third-order valence-electron chi connectivity index (χ3n) is 2.49. The second-order valence-corrected chi connectivity index (χ2v) is 3.88. The number of halogens is 1. The number of carbonyl (C=O) groups is 3. The number of alkyl halides is 1. The molecule has 0 aromatic heterocycles. The maximum atomic E-state index is 11.7. The number of anilines is 1. The fraction of sp³-hybridized carbons (Fsp3) is 0.182. The number of imide groups is 1. The Bertz CT molecular complexity index is 527. The number of hydrogen-bond acceptors (Lipinski definition) is 3. The first kappa shape index (κ1) is 11.6. The quantitative estimate of drug-likeness (QED) is 0.633. The maximum absolute atomic E-state index is 11.7. The zero-order valence-electron chi connectivity index (χ0n) is 8.99. The molecule has 0 atom stereocenters. The van der Waals surface area contributed by atoms with E-state index in [4.69, 9.17) is 11.6 Å². The van der Waals surface area contributed by atoms with Crippen molar-refractivity contribution < 1.29 is 14.4 Å². The van der Waals surface area contributed by atoms with Gasteiger partial charge in [0.15, 0.2) is 0 Å². The van der Waals surface area contributed by atoms with Crippen LogP contribution in [0.25, 0.3) is 0 Å². The van der Waals surface area contributed by atoms with E-state index >= 15 is 0 Å². The van der Waals surface area contributed by atoms with E-state index in [0.717, 1.165) is 4.90 Å². The molecule has 1 aromatic carbocycles. The highest BCUT2D eigenvalue weighted by atomic mass is 35.5. The van der Waals surface area contributed by atoms with Crippen LogP contribution in [-0.4, -0.2) is 35.5 Å². The number of benzene rings is 1. The first-order chi connectivity index (χ1) is 8.04. The second kappa shape index (κ2) is 4.18. The lowest BCUT2D eigenvalue weighted by atomic mass is 10.1. The molecule has 3 amide bonds. The Hall–Kier alpha value is -1.88. The third kappa shape index (κ3) is 1.89. The van der Waals surface area contributed by atoms with Crippen LogP contribution in [0, 0.1) is 0 Å². The number of hydrogen-bond donors (Lipinski definition) is 1. The van der Waals surface area contributed by atoms with E-state index in [-0.39, 0.29) is 23.6 Å². The van der Waals surface area contributed by atoms with Crippen LogP contribution in [0.5, 0.6) is 0 Å². The number of fused-ring (bicyclic) bond motifs is 1. The first-order valence-electron chi connectivity index (χ1n) is 4.87. The topological polar surface area (TPSA) is 66.5 Å². The zero-order valence-corrected chi connectivity index (χ0v) is 9.75. The number of nitrogens with one attached hydrogen (secondary N) is 1. The van der Waals surface area contributed by atoms with Crippen molar-refractivity contribution in [3.8, 4) is 0 Å². The average Bonchev–Trinajstić information content (AvgIpc) is 2.54. The first-order valence-corrected chi connectivity index (χ1v) is 5.40. The van der Waals surface area contributed by atoms with E-state index in [1.165, 1.54) is 19.2 Å². The van der Waals surface area contributed by atoms with Crippen LogP contribution in [0.2, 0.25) is 0 Å². The molecule has 0 saturated carbocycles. The summed E-state index contributed by atoms with van der Waals surface area (Å²) in [5.74, 6) is -1.23. The molecule has 6 heteroatoms. The molecule has 5 nitrogen and oxygen atoms in total. The molecule has 1 N–H and O–H groups in total. The lowest BCUT2D eigenvalue weighted by molar-refractivity contribution is -0.113. The van der Waals surface area contributed by atoms with Crippen molar-refractivity contribution in [2.45, 2.75) is 0 Å². The van der Waals surface area contributed by atoms with E-state index < -0.39 is 0 Å². The SMILES string of the molecule is CN1C(=O)c2ccc(NC(=O)CCl)cc2C1=O. The molecule has 1 aliphatic heterocycles. The van der Waals surface area contributed by atoms with E-state index in [9.17, 15) is 14.4 Å². The minimum absolute atomic E-state index is 0.163. The van der Waals surface area contributed by atoms with Crippen molar-refractivity contribution in [2.75, 3.05) is 18.2 Å². The Kier molecular flexibility index (Phi) is 2.85. The number of rotatable bonds is 2. The molecule has 0 saturated heterocycles. The van der Waals surface area contributed by atoms with Crippen molar-refractivity contribution in [3.63, 3.8) is 0 Å². The predicted octanol–water partition coefficient (Wildman–Crippen LogP) is 1.09. The van der Waals surface area contributed by atoms with Crippen LogP contribution in [-0.2, 0) is 4.79 Å². The van der Waals surface area contributed by atoms with Gasteiger partial charge < -0.3 is 5.32 Å². The van der Waals surface area contributed by atoms with Crippen LogP contribution in [0.3, 0.4) is 0 Å². The summed E-state index contributed by atoms with van der Waals surface area (Å²) in [6, 6.07) is 4.56. The summed E-state index contributed by atoms with van der Waals surface area (Å²) in [6.07, 6.45) is 0. The van der Waals surface area contributed by atoms with E-state index in [1.54, 1.807) is 6.07 Å². The number of nitrogens with zero attached hydrogens (tertiary/aromatic N) is 1. The van der Waals surface area contributed by atoms with Crippen LogP contribution in [0.1, 0.15) is 20.7 Å². The third-order valence-corrected chi connectivity index (χ3v) is 2.74. The molecule has 0 fully saturated rings. The summed E-state index contributed by atoms with van der Waals surface area (Å²) in [4.78, 5) is 35.4. The van der Waals surface area contributed by atoms with Gasteiger partial charge in [0.2, 0.25) is 5.91 Å². The van der Waals surface area contributed by atoms with Gasteiger partial charge in [0.1, 0.15) is 5.88 Å². The van der Waals surface area contributed by atoms with Gasteiger partial charge in [-0.05, 0) is 18.2 Å². The van der Waals surface area contributed by atoms with Gasteiger partial charge >= 0.3 is 0 Å². The van der Waals surface area contributed by atoms with Gasteiger partial charge in [-0.2, -0.15) is 0 Å². The smallest absolute Gasteiger partial charge is 0.261 e. The van der Waals surface area contributed by atoms with E-state index in [2.05, 4.69) is 5.32 Å². The minimum Gasteiger partial charge on any atom is -0.325 e. The molecular formula is C11H9ClN2O3. The van der Waals surface area contributed by atoms with Gasteiger partial charge in [0, 0.05) is 12.7 Å². The molecule has 1 heterocycles. The highest BCUT2D eigenvalue weighted by Gasteiger charge is 2.32. The van der Waals surface area contributed by atoms with Gasteiger partial charge in [-0.1, -0.05) is 0 Å². The summed E-state index contributed by atoms with van der Waals surface area (Å²) in [6.45, 7) is 0. The summed E-state index contributed by atoms with van der Waals surface area (Å²) < 4.78 is 0. The maximum Gasteiger partial charge on any atom is 0.261 e. The zero-order chi connectivity index (χ0) is 12.6. The highest BCUT2D eigenvalue weighted by Crippen LogP contribution is 2.24. The largest absolute Gasteiger partial charge is 0.325 e. The average molecular weight is 253 g/mol. The number of carbonyl (C=O) groups excluding carboxylic acids is 3. The van der Waals surface area contributed by atoms with Crippen LogP contribution >= 0.6 is 11.6 Å². The molecule has 0 bridgehead atoms. The molecule has 88 valence electrons. The summed E-state index contributed by atoms with van der Waals surface area (Å²) in [5.41, 5.74) is 1.09. The van der Waals surface area contributed by atoms with Gasteiger partial charge in [-0.25, -0.2) is 0 Å². The fourth-order valence-electron chi connectivity index (χ4n) is 1.63. The van der Waals surface area contributed by atoms with Gasteiger partial charge in [-0.3, -0.25) is 19.3 Å². The Labute approximate surface area is 102 Å². The molecule has 0 unspecified atom stereocenters. The lowest BCUT2D eigenvalue weighted by Gasteiger charge is -2.03. The Balaban J connectivity index is 2.36. The van der Waals surface area contributed by atoms with Crippen LogP contribution in [0.15, 0.2) is 18.2 Å². The van der Waals surface area contributed by atoms with Crippen LogP contribution in [0.4, 0.5) is 5.69 Å². The normalized spacial score (nSPS) is 13.9. The molecule has 1 aliphatic rings. The standard InChI is InChI=1S/C11H9ClN2O3/c1-14-10(16)7-3-2-6(13-9(15)5-12)4-8(7)11(14)17/h2-4H,5H2,1H3,(H,13,15). The molecular weight excluding hydrogens is 244 g/mol. The molecule has 0 radical (unpaired) electrons. The summed E-state index contributed by atoms with van der Waals surface area (Å²) in [7, 11) is 1.42. The molecule has 17 heavy (non-hydrogen) atoms. The van der Waals surface area contributed by atoms with Gasteiger partial charge in [-0.15, -0.1) is 11.6 Å². The van der Waals surface area contributed by atoms with E-state index in [1.807, 2.05) is 0 Å². The van der Waals surface area contributed by atoms with Gasteiger partial charge in [0.25, 0.3) is 11.8 Å². The second-order valence-electron chi connectivity index (χ2n) is 3.61. The van der Waals surface area contributed by atoms with Crippen molar-refractivity contribution in [3.05, 3.63) is 29.3 Å². The minimum atomic E-state index is -0.369. The highest BCUT2D eigenvalue weighted by molar-refractivity contribution is 6.29. The number of amides is 3. The molecule has 0 spiro atoms. The van der Waals surface area contributed by atoms with Gasteiger partial charge in [0.05, 0.1) is 11.1 Å². The summed E-state index contributed by atoms with van der Waals surface area (Å²) in [5, 5.41) is 2.52. The van der Waals surface area contributed by atoms with Crippen molar-refractivity contribution >= 4 is 35.0 Å². The van der Waals surface area contributed by atoms with Crippen LogP contribution < -0.4 is 5.32 Å². The Morgan fingerprint density at radius 1 is 1.29 bits per heavy atom. The Morgan fingerprint density at radius 3 is 2.59 bits per heavy atom. The lowest BCUT2D eigenvalue weighted by Crippen LogP contribution is -2.24. The molecule has 2 rings (SSSR count). The summed E-state index contributed by atoms with van der Waals surface area (Å²) >= 11 is 5.35. The molecule has 0 aliphatic carbocycles. The predicted molar refractivity (Wildman–Crippen MR) is 62.2 cm³/mol. The van der Waals surface area contributed by atoms with E-state index in [0.29, 0.717) is 16.8 Å². The van der Waals surface area contributed by atoms with Crippen molar-refractivity contribution in [2.24, 2.45) is 0 Å². The molecule has 1 aromatic rings. The Morgan fingerprint density at radius 2 is 1.94 bits per heavy atom. The van der Waals surface area contributed by atoms with Crippen molar-refractivity contribution in [1.29, 1.82) is 0 Å². The monoisotopic (exact) mass is 252 g/mol. The fourth-order valence-corrected chi connectivity index (χ4v) is 1.70.